The molecule has 1 rings (SSSR count). The highest BCUT2D eigenvalue weighted by Crippen LogP contribution is 1.93. The third-order valence-corrected chi connectivity index (χ3v) is 1.01. The van der Waals surface area contributed by atoms with Crippen LogP contribution in [-0.2, 0) is 0 Å². The molecule has 4 heteroatoms. The number of rotatable bonds is 1. The van der Waals surface area contributed by atoms with E-state index >= 15 is 0 Å². The third kappa shape index (κ3) is 1.80. The van der Waals surface area contributed by atoms with E-state index in [9.17, 15) is 0 Å². The Morgan fingerprint density at radius 3 is 2.27 bits per heavy atom. The van der Waals surface area contributed by atoms with E-state index in [1.807, 2.05) is 0 Å². The molecule has 0 aliphatic heterocycles. The van der Waals surface area contributed by atoms with Crippen LogP contribution in [0, 0.1) is 11.3 Å². The smallest absolute Gasteiger partial charge is 0.423 e. The molecule has 0 atom stereocenters. The molecule has 0 radical (unpaired) electrons. The largest absolute Gasteiger partial charge is 0.488 e. The molecule has 11 heavy (non-hydrogen) atoms. The molecule has 0 fully saturated rings. The molecule has 1 aromatic rings. The molecule has 0 bridgehead atoms. The normalized spacial score (nSPS) is 13.9. The van der Waals surface area contributed by atoms with Gasteiger partial charge in [0.25, 0.3) is 0 Å². The lowest BCUT2D eigenvalue weighted by Gasteiger charge is -1.96. The van der Waals surface area contributed by atoms with Crippen molar-refractivity contribution in [2.75, 3.05) is 0 Å². The zero-order chi connectivity index (χ0) is 11.7. The van der Waals surface area contributed by atoms with Crippen LogP contribution >= 0.6 is 0 Å². The first kappa shape index (κ1) is 3.91. The Morgan fingerprint density at radius 2 is 1.91 bits per heavy atom. The van der Waals surface area contributed by atoms with Crippen molar-refractivity contribution in [1.82, 2.24) is 0 Å². The van der Waals surface area contributed by atoms with Crippen LogP contribution in [-0.4, -0.2) is 17.2 Å². The van der Waals surface area contributed by atoms with Gasteiger partial charge in [0.1, 0.15) is 0 Å². The maximum absolute atomic E-state index is 8.86. The Hall–Kier alpha value is -1.31. The number of benzene rings is 1. The van der Waals surface area contributed by atoms with E-state index in [-0.39, 0.29) is 0 Å². The Kier molecular flexibility index (Phi) is 1.13. The second-order valence-corrected chi connectivity index (χ2v) is 1.77. The van der Waals surface area contributed by atoms with Gasteiger partial charge in [-0.05, 0) is 17.5 Å². The van der Waals surface area contributed by atoms with Crippen molar-refractivity contribution in [3.63, 3.8) is 0 Å². The van der Waals surface area contributed by atoms with Crippen LogP contribution in [0.5, 0.6) is 0 Å². The summed E-state index contributed by atoms with van der Waals surface area (Å²) in [5, 5.41) is 26.3. The van der Waals surface area contributed by atoms with Crippen LogP contribution in [0.3, 0.4) is 0 Å². The van der Waals surface area contributed by atoms with Crippen molar-refractivity contribution >= 4 is 12.6 Å². The maximum atomic E-state index is 8.86. The van der Waals surface area contributed by atoms with Crippen molar-refractivity contribution in [1.29, 1.82) is 5.26 Å². The molecule has 0 spiro atoms. The summed E-state index contributed by atoms with van der Waals surface area (Å²) < 4.78 is 29.4. The summed E-state index contributed by atoms with van der Waals surface area (Å²) in [6.07, 6.45) is 0. The van der Waals surface area contributed by atoms with Crippen LogP contribution in [0.2, 0.25) is 0 Å². The SMILES string of the molecule is [2H]c1c([2H])c(B(O)O)c([2H])c([2H])c1C#N. The van der Waals surface area contributed by atoms with Gasteiger partial charge in [0.05, 0.1) is 17.1 Å². The monoisotopic (exact) mass is 151 g/mol. The van der Waals surface area contributed by atoms with Crippen molar-refractivity contribution in [3.8, 4) is 6.07 Å². The first-order chi connectivity index (χ1) is 6.91. The second kappa shape index (κ2) is 3.19. The predicted octanol–water partition coefficient (Wildman–Crippen LogP) is -0.762. The summed E-state index contributed by atoms with van der Waals surface area (Å²) in [6.45, 7) is 0. The Morgan fingerprint density at radius 1 is 1.36 bits per heavy atom. The predicted molar refractivity (Wildman–Crippen MR) is 41.0 cm³/mol. The van der Waals surface area contributed by atoms with E-state index in [2.05, 4.69) is 0 Å². The van der Waals surface area contributed by atoms with Crippen molar-refractivity contribution < 1.29 is 15.5 Å². The van der Waals surface area contributed by atoms with Gasteiger partial charge in [0.2, 0.25) is 0 Å². The van der Waals surface area contributed by atoms with Crippen LogP contribution in [0.1, 0.15) is 11.0 Å². The average Bonchev–Trinajstić information content (AvgIpc) is 2.16. The first-order valence-electron chi connectivity index (χ1n) is 4.78. The molecule has 0 aromatic heterocycles. The van der Waals surface area contributed by atoms with E-state index in [1.165, 1.54) is 6.07 Å². The van der Waals surface area contributed by atoms with E-state index < -0.39 is 42.3 Å². The molecule has 3 nitrogen and oxygen atoms in total. The molecule has 0 saturated carbocycles. The quantitative estimate of drug-likeness (QED) is 0.518. The highest BCUT2D eigenvalue weighted by atomic mass is 16.4. The van der Waals surface area contributed by atoms with Gasteiger partial charge in [0.15, 0.2) is 0 Å². The Bertz CT molecular complexity index is 428. The molecule has 0 unspecified atom stereocenters. The molecule has 1 aromatic carbocycles. The van der Waals surface area contributed by atoms with Gasteiger partial charge in [-0.1, -0.05) is 12.1 Å². The maximum Gasteiger partial charge on any atom is 0.488 e. The number of nitriles is 1. The van der Waals surface area contributed by atoms with Gasteiger partial charge in [-0.2, -0.15) is 5.26 Å². The highest BCUT2D eigenvalue weighted by molar-refractivity contribution is 6.58. The Balaban J connectivity index is 3.69. The zero-order valence-electron chi connectivity index (χ0n) is 9.42. The molecule has 0 aliphatic carbocycles. The second-order valence-electron chi connectivity index (χ2n) is 1.77. The lowest BCUT2D eigenvalue weighted by Crippen LogP contribution is -2.29. The number of hydrogen-bond donors (Lipinski definition) is 2. The first-order valence-corrected chi connectivity index (χ1v) is 2.78. The summed E-state index contributed by atoms with van der Waals surface area (Å²) in [5.41, 5.74) is -0.932. The van der Waals surface area contributed by atoms with Crippen LogP contribution in [0.15, 0.2) is 24.2 Å². The topological polar surface area (TPSA) is 64.2 Å². The summed E-state index contributed by atoms with van der Waals surface area (Å²) >= 11 is 0. The lowest BCUT2D eigenvalue weighted by molar-refractivity contribution is 0.426. The summed E-state index contributed by atoms with van der Waals surface area (Å²) in [7, 11) is -2.09. The van der Waals surface area contributed by atoms with Gasteiger partial charge < -0.3 is 10.0 Å². The van der Waals surface area contributed by atoms with Gasteiger partial charge in [-0.15, -0.1) is 0 Å². The average molecular weight is 151 g/mol. The number of hydrogen-bond acceptors (Lipinski definition) is 3. The van der Waals surface area contributed by atoms with E-state index in [4.69, 9.17) is 20.8 Å². The van der Waals surface area contributed by atoms with E-state index in [0.717, 1.165) is 0 Å². The molecular weight excluding hydrogens is 141 g/mol. The minimum atomic E-state index is -2.09. The minimum Gasteiger partial charge on any atom is -0.423 e. The fraction of sp³-hybridized carbons (Fsp3) is 0. The fourth-order valence-corrected chi connectivity index (χ4v) is 0.507. The van der Waals surface area contributed by atoms with Crippen molar-refractivity contribution in [3.05, 3.63) is 29.7 Å². The summed E-state index contributed by atoms with van der Waals surface area (Å²) in [6, 6.07) is -0.820. The van der Waals surface area contributed by atoms with Crippen LogP contribution in [0.25, 0.3) is 0 Å². The van der Waals surface area contributed by atoms with Gasteiger partial charge in [0, 0.05) is 0 Å². The number of nitrogens with zero attached hydrogens (tertiary/aromatic N) is 1. The molecule has 0 aliphatic rings. The van der Waals surface area contributed by atoms with Crippen LogP contribution in [0.4, 0.5) is 0 Å². The van der Waals surface area contributed by atoms with Gasteiger partial charge >= 0.3 is 7.12 Å². The van der Waals surface area contributed by atoms with Crippen molar-refractivity contribution in [2.24, 2.45) is 0 Å². The van der Waals surface area contributed by atoms with Crippen molar-refractivity contribution in [2.45, 2.75) is 0 Å². The molecular formula is C7H6BNO2. The van der Waals surface area contributed by atoms with Gasteiger partial charge in [-0.3, -0.25) is 0 Å². The zero-order valence-corrected chi connectivity index (χ0v) is 5.42. The molecule has 2 N–H and O–H groups in total. The van der Waals surface area contributed by atoms with Gasteiger partial charge in [-0.25, -0.2) is 0 Å². The standard InChI is InChI=1S/C7H6BNO2/c9-5-6-1-3-7(4-2-6)8(10)11/h1-4,10-11H/i1D,2D,3D,4D. The third-order valence-electron chi connectivity index (χ3n) is 1.01. The minimum absolute atomic E-state index is 0.408. The lowest BCUT2D eigenvalue weighted by atomic mass is 9.80. The molecule has 0 amide bonds. The molecule has 54 valence electrons. The highest BCUT2D eigenvalue weighted by Gasteiger charge is 2.08. The fourth-order valence-electron chi connectivity index (χ4n) is 0.507. The van der Waals surface area contributed by atoms with Crippen LogP contribution < -0.4 is 5.46 Å². The van der Waals surface area contributed by atoms with E-state index in [0.29, 0.717) is 0 Å². The molecule has 0 heterocycles. The molecule has 0 saturated heterocycles. The summed E-state index contributed by atoms with van der Waals surface area (Å²) in [4.78, 5) is 0. The van der Waals surface area contributed by atoms with E-state index in [1.54, 1.807) is 0 Å². The summed E-state index contributed by atoms with van der Waals surface area (Å²) in [5.74, 6) is 0. The Labute approximate surface area is 70.3 Å².